The van der Waals surface area contributed by atoms with Gasteiger partial charge in [0, 0.05) is 5.57 Å². The van der Waals surface area contributed by atoms with E-state index in [-0.39, 0.29) is 23.0 Å². The van der Waals surface area contributed by atoms with Crippen molar-refractivity contribution in [3.8, 4) is 11.5 Å². The van der Waals surface area contributed by atoms with E-state index in [1.807, 2.05) is 0 Å². The van der Waals surface area contributed by atoms with Crippen LogP contribution in [-0.4, -0.2) is 69.2 Å². The van der Waals surface area contributed by atoms with Crippen molar-refractivity contribution in [2.75, 3.05) is 46.5 Å². The van der Waals surface area contributed by atoms with Gasteiger partial charge in [-0.25, -0.2) is 4.39 Å². The Bertz CT molecular complexity index is 1140. The molecular formula is C27H31FN2O6. The number of likely N-dealkylation sites (tertiary alicyclic amines) is 1. The summed E-state index contributed by atoms with van der Waals surface area (Å²) in [5.41, 5.74) is 0.411. The Hall–Kier alpha value is -3.43. The van der Waals surface area contributed by atoms with E-state index in [1.54, 1.807) is 38.1 Å². The fourth-order valence-electron chi connectivity index (χ4n) is 4.57. The van der Waals surface area contributed by atoms with Crippen molar-refractivity contribution < 1.29 is 38.2 Å². The lowest BCUT2D eigenvalue weighted by Gasteiger charge is -2.30. The third-order valence-corrected chi connectivity index (χ3v) is 6.42. The number of methoxy groups -OCH3 is 1. The maximum absolute atomic E-state index is 14.7. The summed E-state index contributed by atoms with van der Waals surface area (Å²) in [6.07, 6.45) is -0.244. The second-order valence-electron chi connectivity index (χ2n) is 9.17. The van der Waals surface area contributed by atoms with Crippen LogP contribution in [0, 0.1) is 5.82 Å². The summed E-state index contributed by atoms with van der Waals surface area (Å²) in [6.45, 7) is 7.35. The van der Waals surface area contributed by atoms with E-state index in [0.29, 0.717) is 37.6 Å². The van der Waals surface area contributed by atoms with E-state index in [4.69, 9.17) is 14.2 Å². The zero-order chi connectivity index (χ0) is 25.8. The number of amides is 1. The van der Waals surface area contributed by atoms with Gasteiger partial charge >= 0.3 is 0 Å². The molecule has 0 radical (unpaired) electrons. The molecule has 1 unspecified atom stereocenters. The van der Waals surface area contributed by atoms with Crippen LogP contribution in [0.5, 0.6) is 11.5 Å². The molecule has 0 saturated carbocycles. The number of ether oxygens (including phenoxy) is 3. The Morgan fingerprint density at radius 1 is 1.17 bits per heavy atom. The van der Waals surface area contributed by atoms with Crippen LogP contribution in [0.2, 0.25) is 0 Å². The molecule has 1 amide bonds. The minimum atomic E-state index is -0.876. The van der Waals surface area contributed by atoms with Crippen LogP contribution in [0.4, 0.5) is 4.39 Å². The van der Waals surface area contributed by atoms with Gasteiger partial charge in [-0.2, -0.15) is 0 Å². The van der Waals surface area contributed by atoms with Gasteiger partial charge in [0.2, 0.25) is 5.78 Å². The molecule has 0 spiro atoms. The number of benzene rings is 2. The number of hydrogen-bond acceptors (Lipinski definition) is 6. The topological polar surface area (TPSA) is 92.6 Å². The van der Waals surface area contributed by atoms with Gasteiger partial charge in [0.1, 0.15) is 18.8 Å². The van der Waals surface area contributed by atoms with Crippen molar-refractivity contribution in [2.24, 2.45) is 0 Å². The van der Waals surface area contributed by atoms with E-state index < -0.39 is 29.3 Å². The molecule has 2 heterocycles. The average Bonchev–Trinajstić information content (AvgIpc) is 3.13. The molecule has 36 heavy (non-hydrogen) atoms. The average molecular weight is 499 g/mol. The summed E-state index contributed by atoms with van der Waals surface area (Å²) in [7, 11) is 1.54. The van der Waals surface area contributed by atoms with Gasteiger partial charge in [-0.1, -0.05) is 24.0 Å². The van der Waals surface area contributed by atoms with Crippen molar-refractivity contribution in [3.05, 3.63) is 65.0 Å². The highest BCUT2D eigenvalue weighted by atomic mass is 19.1. The SMILES string of the molecule is COc1ccc(C2C(=C([O-])c3ccc(OC(C)C)c(F)c3)C(=O)C(=O)N2CC[NH+]2CCOCC2)cc1. The lowest BCUT2D eigenvalue weighted by molar-refractivity contribution is -0.907. The van der Waals surface area contributed by atoms with Gasteiger partial charge in [0.05, 0.1) is 45.6 Å². The zero-order valence-corrected chi connectivity index (χ0v) is 20.7. The van der Waals surface area contributed by atoms with Crippen molar-refractivity contribution in [2.45, 2.75) is 26.0 Å². The monoisotopic (exact) mass is 498 g/mol. The maximum atomic E-state index is 14.7. The quantitative estimate of drug-likeness (QED) is 0.328. The molecule has 2 saturated heterocycles. The van der Waals surface area contributed by atoms with Crippen molar-refractivity contribution in [1.29, 1.82) is 0 Å². The maximum Gasteiger partial charge on any atom is 0.295 e. The van der Waals surface area contributed by atoms with Gasteiger partial charge in [-0.3, -0.25) is 9.59 Å². The number of hydrogen-bond donors (Lipinski definition) is 1. The third-order valence-electron chi connectivity index (χ3n) is 6.42. The van der Waals surface area contributed by atoms with Crippen LogP contribution in [0.3, 0.4) is 0 Å². The lowest BCUT2D eigenvalue weighted by Crippen LogP contribution is -3.14. The number of quaternary nitrogens is 1. The number of halogens is 1. The molecule has 192 valence electrons. The number of ketones is 1. The molecule has 2 aromatic rings. The Morgan fingerprint density at radius 3 is 2.47 bits per heavy atom. The predicted molar refractivity (Wildman–Crippen MR) is 128 cm³/mol. The summed E-state index contributed by atoms with van der Waals surface area (Å²) < 4.78 is 30.7. The van der Waals surface area contributed by atoms with Crippen LogP contribution in [0.25, 0.3) is 5.76 Å². The molecule has 1 N–H and O–H groups in total. The normalized spacial score (nSPS) is 20.2. The number of rotatable bonds is 8. The van der Waals surface area contributed by atoms with Crippen LogP contribution in [-0.2, 0) is 14.3 Å². The molecule has 2 fully saturated rings. The van der Waals surface area contributed by atoms with Crippen LogP contribution >= 0.6 is 0 Å². The van der Waals surface area contributed by atoms with E-state index in [2.05, 4.69) is 0 Å². The second kappa shape index (κ2) is 11.1. The first-order valence-corrected chi connectivity index (χ1v) is 12.1. The fraction of sp³-hybridized carbons (Fsp3) is 0.407. The minimum Gasteiger partial charge on any atom is -0.872 e. The smallest absolute Gasteiger partial charge is 0.295 e. The van der Waals surface area contributed by atoms with Gasteiger partial charge in [0.25, 0.3) is 5.91 Å². The molecule has 8 nitrogen and oxygen atoms in total. The highest BCUT2D eigenvalue weighted by Crippen LogP contribution is 2.39. The molecule has 0 aromatic heterocycles. The van der Waals surface area contributed by atoms with Crippen molar-refractivity contribution >= 4 is 17.4 Å². The first-order valence-electron chi connectivity index (χ1n) is 12.1. The Labute approximate surface area is 209 Å². The molecular weight excluding hydrogens is 467 g/mol. The molecule has 9 heteroatoms. The fourth-order valence-corrected chi connectivity index (χ4v) is 4.57. The summed E-state index contributed by atoms with van der Waals surface area (Å²) >= 11 is 0. The highest BCUT2D eigenvalue weighted by Gasteiger charge is 2.44. The van der Waals surface area contributed by atoms with Crippen LogP contribution in [0.15, 0.2) is 48.0 Å². The molecule has 2 aliphatic heterocycles. The number of nitrogens with one attached hydrogen (secondary N) is 1. The first kappa shape index (κ1) is 25.7. The summed E-state index contributed by atoms with van der Waals surface area (Å²) in [5, 5.41) is 13.6. The lowest BCUT2D eigenvalue weighted by atomic mass is 9.95. The number of carbonyl (C=O) groups is 2. The van der Waals surface area contributed by atoms with Gasteiger partial charge in [0.15, 0.2) is 11.6 Å². The second-order valence-corrected chi connectivity index (χ2v) is 9.17. The van der Waals surface area contributed by atoms with Crippen molar-refractivity contribution in [1.82, 2.24) is 4.90 Å². The zero-order valence-electron chi connectivity index (χ0n) is 20.7. The van der Waals surface area contributed by atoms with Crippen LogP contribution in [0.1, 0.15) is 31.0 Å². The molecule has 0 aliphatic carbocycles. The van der Waals surface area contributed by atoms with Gasteiger partial charge < -0.3 is 29.1 Å². The highest BCUT2D eigenvalue weighted by molar-refractivity contribution is 6.46. The molecule has 1 atom stereocenters. The van der Waals surface area contributed by atoms with E-state index >= 15 is 0 Å². The Balaban J connectivity index is 1.73. The van der Waals surface area contributed by atoms with Gasteiger partial charge in [-0.05, 0) is 49.2 Å². The van der Waals surface area contributed by atoms with Crippen LogP contribution < -0.4 is 19.5 Å². The summed E-state index contributed by atoms with van der Waals surface area (Å²) in [5.74, 6) is -2.35. The number of morpholine rings is 1. The standard InChI is InChI=1S/C27H31FN2O6/c1-17(2)36-22-9-6-19(16-21(22)28)25(31)23-24(18-4-7-20(34-3)8-5-18)30(27(33)26(23)32)11-10-29-12-14-35-15-13-29/h4-9,16-17,24,31H,10-15H2,1-3H3. The number of nitrogens with zero attached hydrogens (tertiary/aromatic N) is 1. The summed E-state index contributed by atoms with van der Waals surface area (Å²) in [6, 6.07) is 9.86. The largest absolute Gasteiger partial charge is 0.872 e. The third kappa shape index (κ3) is 5.37. The molecule has 2 aliphatic rings. The minimum absolute atomic E-state index is 0.0149. The predicted octanol–water partition coefficient (Wildman–Crippen LogP) is 0.761. The molecule has 4 rings (SSSR count). The van der Waals surface area contributed by atoms with E-state index in [9.17, 15) is 19.1 Å². The number of Topliss-reactive ketones (excluding diaryl/α,β-unsaturated/α-hetero) is 1. The van der Waals surface area contributed by atoms with Gasteiger partial charge in [-0.15, -0.1) is 0 Å². The Morgan fingerprint density at radius 2 is 1.86 bits per heavy atom. The van der Waals surface area contributed by atoms with Crippen molar-refractivity contribution in [3.63, 3.8) is 0 Å². The first-order chi connectivity index (χ1) is 17.3. The van der Waals surface area contributed by atoms with E-state index in [0.717, 1.165) is 19.2 Å². The molecule has 0 bridgehead atoms. The van der Waals surface area contributed by atoms with E-state index in [1.165, 1.54) is 29.0 Å². The number of carbonyl (C=O) groups excluding carboxylic acids is 2. The molecule has 2 aromatic carbocycles. The summed E-state index contributed by atoms with van der Waals surface area (Å²) in [4.78, 5) is 29.0. The Kier molecular flexibility index (Phi) is 7.91.